The van der Waals surface area contributed by atoms with Crippen molar-refractivity contribution in [2.45, 2.75) is 43.9 Å². The van der Waals surface area contributed by atoms with Gasteiger partial charge in [0.1, 0.15) is 11.1 Å². The van der Waals surface area contributed by atoms with Crippen molar-refractivity contribution in [1.82, 2.24) is 4.98 Å². The van der Waals surface area contributed by atoms with E-state index in [1.807, 2.05) is 12.1 Å². The molecule has 0 unspecified atom stereocenters. The largest absolute Gasteiger partial charge is 0.549 e. The molecule has 0 fully saturated rings. The first-order chi connectivity index (χ1) is 8.76. The van der Waals surface area contributed by atoms with Crippen LogP contribution < -0.4 is 5.11 Å². The molecule has 0 N–H and O–H groups in total. The normalized spacial score (nSPS) is 11.4. The molecule has 1 aromatic heterocycles. The van der Waals surface area contributed by atoms with Crippen molar-refractivity contribution in [2.75, 3.05) is 0 Å². The number of carbonyl (C=O) groups excluding carboxylic acids is 1. The highest BCUT2D eigenvalue weighted by molar-refractivity contribution is 8.01. The van der Waals surface area contributed by atoms with Gasteiger partial charge >= 0.3 is 0 Å². The fourth-order valence-corrected chi connectivity index (χ4v) is 2.41. The molecule has 102 valence electrons. The lowest BCUT2D eigenvalue weighted by Crippen LogP contribution is -2.41. The van der Waals surface area contributed by atoms with E-state index in [2.05, 4.69) is 18.8 Å². The van der Waals surface area contributed by atoms with Crippen molar-refractivity contribution in [2.24, 2.45) is 5.92 Å². The molecule has 1 heterocycles. The Bertz CT molecular complexity index is 519. The van der Waals surface area contributed by atoms with Gasteiger partial charge in [0, 0.05) is 5.69 Å². The zero-order valence-electron chi connectivity index (χ0n) is 11.6. The minimum atomic E-state index is -1.17. The summed E-state index contributed by atoms with van der Waals surface area (Å²) in [5.74, 6) is -0.718. The predicted octanol–water partition coefficient (Wildman–Crippen LogP) is 1.77. The van der Waals surface area contributed by atoms with Crippen LogP contribution in [0.3, 0.4) is 0 Å². The summed E-state index contributed by atoms with van der Waals surface area (Å²) in [6.45, 7) is 7.26. The van der Waals surface area contributed by atoms with E-state index in [1.165, 1.54) is 0 Å². The molecule has 4 nitrogen and oxygen atoms in total. The quantitative estimate of drug-likeness (QED) is 0.767. The van der Waals surface area contributed by atoms with Gasteiger partial charge in [-0.25, -0.2) is 4.98 Å². The second-order valence-electron chi connectivity index (χ2n) is 5.26. The number of nitrogens with zero attached hydrogens (tertiary/aromatic N) is 2. The smallest absolute Gasteiger partial charge is 0.115 e. The van der Waals surface area contributed by atoms with Gasteiger partial charge in [-0.1, -0.05) is 25.6 Å². The first-order valence-corrected chi connectivity index (χ1v) is 6.88. The third-order valence-electron chi connectivity index (χ3n) is 2.50. The van der Waals surface area contributed by atoms with E-state index < -0.39 is 10.7 Å². The van der Waals surface area contributed by atoms with E-state index in [4.69, 9.17) is 5.26 Å². The number of nitriles is 1. The van der Waals surface area contributed by atoms with Crippen molar-refractivity contribution >= 4 is 17.7 Å². The fourth-order valence-electron chi connectivity index (χ4n) is 1.46. The topological polar surface area (TPSA) is 76.8 Å². The molecule has 0 aromatic carbocycles. The van der Waals surface area contributed by atoms with Crippen LogP contribution in [0, 0.1) is 17.2 Å². The number of rotatable bonds is 5. The maximum absolute atomic E-state index is 11.0. The first kappa shape index (κ1) is 15.5. The van der Waals surface area contributed by atoms with Gasteiger partial charge in [0.25, 0.3) is 0 Å². The lowest BCUT2D eigenvalue weighted by Gasteiger charge is -2.25. The maximum Gasteiger partial charge on any atom is 0.115 e. The van der Waals surface area contributed by atoms with Crippen LogP contribution in [0.15, 0.2) is 17.2 Å². The van der Waals surface area contributed by atoms with Gasteiger partial charge in [0.05, 0.1) is 16.3 Å². The average Bonchev–Trinajstić information content (AvgIpc) is 2.27. The molecule has 0 saturated carbocycles. The van der Waals surface area contributed by atoms with Crippen molar-refractivity contribution in [3.05, 3.63) is 23.4 Å². The molecule has 19 heavy (non-hydrogen) atoms. The Balaban J connectivity index is 3.10. The van der Waals surface area contributed by atoms with Gasteiger partial charge in [-0.15, -0.1) is 0 Å². The second kappa shape index (κ2) is 6.07. The summed E-state index contributed by atoms with van der Waals surface area (Å²) in [5.41, 5.74) is 1.26. The van der Waals surface area contributed by atoms with Crippen LogP contribution in [0.25, 0.3) is 0 Å². The summed E-state index contributed by atoms with van der Waals surface area (Å²) in [6.07, 6.45) is 0.797. The van der Waals surface area contributed by atoms with E-state index in [9.17, 15) is 9.90 Å². The van der Waals surface area contributed by atoms with Crippen LogP contribution in [0.1, 0.15) is 39.0 Å². The molecule has 0 spiro atoms. The van der Waals surface area contributed by atoms with E-state index in [-0.39, 0.29) is 0 Å². The van der Waals surface area contributed by atoms with Gasteiger partial charge in [-0.3, -0.25) is 0 Å². The number of aromatic nitrogens is 1. The number of carboxylic acid groups (broad SMARTS) is 1. The second-order valence-corrected chi connectivity index (χ2v) is 6.88. The summed E-state index contributed by atoms with van der Waals surface area (Å²) >= 11 is 1.05. The fraction of sp³-hybridized carbons (Fsp3) is 0.500. The Morgan fingerprint density at radius 3 is 2.63 bits per heavy atom. The molecule has 0 atom stereocenters. The molecule has 0 radical (unpaired) electrons. The number of thioether (sulfide) groups is 1. The number of hydrogen-bond acceptors (Lipinski definition) is 5. The molecule has 5 heteroatoms. The maximum atomic E-state index is 11.0. The highest BCUT2D eigenvalue weighted by Crippen LogP contribution is 2.33. The summed E-state index contributed by atoms with van der Waals surface area (Å²) < 4.78 is -1.12. The van der Waals surface area contributed by atoms with Crippen molar-refractivity contribution in [3.63, 3.8) is 0 Å². The summed E-state index contributed by atoms with van der Waals surface area (Å²) in [5, 5.41) is 20.6. The van der Waals surface area contributed by atoms with Crippen LogP contribution in [0.2, 0.25) is 0 Å². The van der Waals surface area contributed by atoms with E-state index in [0.717, 1.165) is 23.9 Å². The Morgan fingerprint density at radius 1 is 1.53 bits per heavy atom. The van der Waals surface area contributed by atoms with Crippen LogP contribution in [-0.2, 0) is 11.2 Å². The molecule has 1 aromatic rings. The minimum Gasteiger partial charge on any atom is -0.549 e. The third kappa shape index (κ3) is 4.25. The minimum absolute atomic E-state index is 0.395. The van der Waals surface area contributed by atoms with Gasteiger partial charge in [0.2, 0.25) is 0 Å². The third-order valence-corrected chi connectivity index (χ3v) is 3.68. The van der Waals surface area contributed by atoms with Crippen LogP contribution in [0.4, 0.5) is 0 Å². The van der Waals surface area contributed by atoms with Crippen molar-refractivity contribution in [1.29, 1.82) is 5.26 Å². The van der Waals surface area contributed by atoms with Gasteiger partial charge < -0.3 is 9.90 Å². The monoisotopic (exact) mass is 277 g/mol. The number of hydrogen-bond donors (Lipinski definition) is 0. The molecule has 0 amide bonds. The number of carbonyl (C=O) groups is 1. The number of pyridine rings is 1. The molecule has 0 bridgehead atoms. The van der Waals surface area contributed by atoms with Gasteiger partial charge in [0.15, 0.2) is 0 Å². The SMILES string of the molecule is CC(C)Cc1ccc(C#N)c(SC(C)(C)C(=O)[O-])n1. The average molecular weight is 277 g/mol. The lowest BCUT2D eigenvalue weighted by atomic mass is 10.1. The first-order valence-electron chi connectivity index (χ1n) is 6.06. The van der Waals surface area contributed by atoms with Crippen molar-refractivity contribution in [3.8, 4) is 6.07 Å². The summed E-state index contributed by atoms with van der Waals surface area (Å²) in [4.78, 5) is 15.4. The highest BCUT2D eigenvalue weighted by atomic mass is 32.2. The number of aliphatic carboxylic acids is 1. The molecule has 1 rings (SSSR count). The van der Waals surface area contributed by atoms with Crippen molar-refractivity contribution < 1.29 is 9.90 Å². The van der Waals surface area contributed by atoms with Crippen LogP contribution in [0.5, 0.6) is 0 Å². The molecule has 0 aliphatic carbocycles. The van der Waals surface area contributed by atoms with E-state index in [1.54, 1.807) is 19.9 Å². The standard InChI is InChI=1S/C14H18N2O2S/c1-9(2)7-11-6-5-10(8-15)12(16-11)19-14(3,4)13(17)18/h5-6,9H,7H2,1-4H3,(H,17,18)/p-1. The zero-order chi connectivity index (χ0) is 14.6. The lowest BCUT2D eigenvalue weighted by molar-refractivity contribution is -0.308. The summed E-state index contributed by atoms with van der Waals surface area (Å²) in [6, 6.07) is 5.55. The Hall–Kier alpha value is -1.54. The highest BCUT2D eigenvalue weighted by Gasteiger charge is 2.23. The molecular formula is C14H17N2O2S-. The molecule has 0 saturated heterocycles. The zero-order valence-corrected chi connectivity index (χ0v) is 12.4. The molecule has 0 aliphatic rings. The predicted molar refractivity (Wildman–Crippen MR) is 72.4 cm³/mol. The number of carboxylic acids is 1. The Labute approximate surface area is 117 Å². The molecular weight excluding hydrogens is 260 g/mol. The molecule has 0 aliphatic heterocycles. The van der Waals surface area contributed by atoms with Gasteiger partial charge in [-0.2, -0.15) is 5.26 Å². The Morgan fingerprint density at radius 2 is 2.16 bits per heavy atom. The Kier molecular flexibility index (Phi) is 4.96. The van der Waals surface area contributed by atoms with Gasteiger partial charge in [-0.05, 0) is 38.3 Å². The summed E-state index contributed by atoms with van der Waals surface area (Å²) in [7, 11) is 0. The van der Waals surface area contributed by atoms with E-state index in [0.29, 0.717) is 16.5 Å². The van der Waals surface area contributed by atoms with Crippen LogP contribution >= 0.6 is 11.8 Å². The van der Waals surface area contributed by atoms with E-state index >= 15 is 0 Å². The van der Waals surface area contributed by atoms with Crippen LogP contribution in [-0.4, -0.2) is 15.7 Å².